The van der Waals surface area contributed by atoms with Crippen LogP contribution in [0.2, 0.25) is 0 Å². The van der Waals surface area contributed by atoms with Crippen LogP contribution in [0.5, 0.6) is 11.5 Å². The molecule has 0 aliphatic carbocycles. The number of aliphatic carboxylic acids is 1. The third-order valence-corrected chi connectivity index (χ3v) is 3.72. The molecule has 0 bridgehead atoms. The number of rotatable bonds is 7. The highest BCUT2D eigenvalue weighted by Gasteiger charge is 2.24. The molecule has 2 rings (SSSR count). The maximum atomic E-state index is 12.2. The minimum atomic E-state index is -1.08. The maximum Gasteiger partial charge on any atom is 0.326 e. The lowest BCUT2D eigenvalue weighted by molar-refractivity contribution is -0.140. The number of H-pyrrole nitrogens is 1. The molecule has 1 aromatic heterocycles. The van der Waals surface area contributed by atoms with Gasteiger partial charge in [0.1, 0.15) is 11.7 Å². The van der Waals surface area contributed by atoms with Crippen molar-refractivity contribution in [1.29, 1.82) is 0 Å². The topological polar surface area (TPSA) is 114 Å². The van der Waals surface area contributed by atoms with E-state index in [1.165, 1.54) is 7.11 Å². The summed E-state index contributed by atoms with van der Waals surface area (Å²) in [6.45, 7) is 3.45. The minimum Gasteiger partial charge on any atom is -0.493 e. The summed E-state index contributed by atoms with van der Waals surface area (Å²) in [6, 6.07) is 5.84. The second-order valence-electron chi connectivity index (χ2n) is 5.77. The van der Waals surface area contributed by atoms with Crippen LogP contribution in [-0.4, -0.2) is 47.4 Å². The van der Waals surface area contributed by atoms with E-state index in [1.807, 2.05) is 0 Å². The van der Waals surface area contributed by atoms with Crippen LogP contribution in [0.15, 0.2) is 24.3 Å². The lowest BCUT2D eigenvalue weighted by atomic mass is 10.0. The zero-order valence-electron chi connectivity index (χ0n) is 14.5. The molecule has 0 aliphatic heterocycles. The summed E-state index contributed by atoms with van der Waals surface area (Å²) in [5.41, 5.74) is 1.44. The van der Waals surface area contributed by atoms with Gasteiger partial charge in [-0.3, -0.25) is 9.89 Å². The van der Waals surface area contributed by atoms with E-state index >= 15 is 0 Å². The summed E-state index contributed by atoms with van der Waals surface area (Å²) in [6.07, 6.45) is 0. The van der Waals surface area contributed by atoms with Crippen LogP contribution >= 0.6 is 0 Å². The summed E-state index contributed by atoms with van der Waals surface area (Å²) < 4.78 is 10.4. The number of nitrogens with zero attached hydrogens (tertiary/aromatic N) is 1. The van der Waals surface area contributed by atoms with Crippen molar-refractivity contribution in [3.8, 4) is 22.8 Å². The number of amides is 1. The molecule has 3 N–H and O–H groups in total. The average molecular weight is 347 g/mol. The van der Waals surface area contributed by atoms with Crippen LogP contribution in [0.3, 0.4) is 0 Å². The molecular weight excluding hydrogens is 326 g/mol. The number of methoxy groups -OCH3 is 2. The highest BCUT2D eigenvalue weighted by molar-refractivity contribution is 5.95. The van der Waals surface area contributed by atoms with E-state index in [2.05, 4.69) is 15.5 Å². The quantitative estimate of drug-likeness (QED) is 0.705. The number of carboxylic acids is 1. The number of carboxylic acid groups (broad SMARTS) is 1. The highest BCUT2D eigenvalue weighted by atomic mass is 16.5. The van der Waals surface area contributed by atoms with Gasteiger partial charge in [-0.05, 0) is 30.2 Å². The van der Waals surface area contributed by atoms with E-state index < -0.39 is 17.9 Å². The number of hydrogen-bond acceptors (Lipinski definition) is 5. The van der Waals surface area contributed by atoms with Crippen molar-refractivity contribution in [3.05, 3.63) is 30.0 Å². The van der Waals surface area contributed by atoms with Gasteiger partial charge >= 0.3 is 5.97 Å². The van der Waals surface area contributed by atoms with E-state index in [4.69, 9.17) is 14.6 Å². The molecule has 8 nitrogen and oxygen atoms in total. The van der Waals surface area contributed by atoms with Gasteiger partial charge in [-0.2, -0.15) is 5.10 Å². The maximum absolute atomic E-state index is 12.2. The van der Waals surface area contributed by atoms with Gasteiger partial charge in [-0.1, -0.05) is 13.8 Å². The number of hydrogen-bond donors (Lipinski definition) is 3. The molecule has 2 aromatic rings. The van der Waals surface area contributed by atoms with Crippen molar-refractivity contribution in [2.45, 2.75) is 19.9 Å². The number of aromatic nitrogens is 2. The average Bonchev–Trinajstić information content (AvgIpc) is 3.08. The first-order valence-electron chi connectivity index (χ1n) is 7.68. The van der Waals surface area contributed by atoms with Crippen LogP contribution in [0, 0.1) is 5.92 Å². The third-order valence-electron chi connectivity index (χ3n) is 3.72. The van der Waals surface area contributed by atoms with Gasteiger partial charge in [-0.15, -0.1) is 0 Å². The molecule has 25 heavy (non-hydrogen) atoms. The van der Waals surface area contributed by atoms with Gasteiger partial charge in [0, 0.05) is 5.56 Å². The fourth-order valence-corrected chi connectivity index (χ4v) is 2.31. The van der Waals surface area contributed by atoms with Crippen molar-refractivity contribution in [2.75, 3.05) is 14.2 Å². The molecule has 0 saturated heterocycles. The van der Waals surface area contributed by atoms with E-state index in [1.54, 1.807) is 45.2 Å². The Hall–Kier alpha value is -3.03. The van der Waals surface area contributed by atoms with Gasteiger partial charge in [0.25, 0.3) is 5.91 Å². The first-order valence-corrected chi connectivity index (χ1v) is 7.68. The van der Waals surface area contributed by atoms with Crippen molar-refractivity contribution < 1.29 is 24.2 Å². The Morgan fingerprint density at radius 2 is 1.84 bits per heavy atom. The smallest absolute Gasteiger partial charge is 0.326 e. The summed E-state index contributed by atoms with van der Waals surface area (Å²) in [7, 11) is 3.07. The SMILES string of the molecule is COc1ccc(-c2cc(C(=O)N[C@@H](C(=O)O)C(C)C)[nH]n2)cc1OC. The minimum absolute atomic E-state index is 0.177. The molecule has 1 amide bonds. The van der Waals surface area contributed by atoms with E-state index in [0.717, 1.165) is 5.56 Å². The van der Waals surface area contributed by atoms with Crippen molar-refractivity contribution in [3.63, 3.8) is 0 Å². The van der Waals surface area contributed by atoms with Crippen LogP contribution in [0.1, 0.15) is 24.3 Å². The number of carbonyl (C=O) groups is 2. The Kier molecular flexibility index (Phi) is 5.63. The van der Waals surface area contributed by atoms with Gasteiger partial charge in [-0.25, -0.2) is 4.79 Å². The first-order chi connectivity index (χ1) is 11.9. The number of nitrogens with one attached hydrogen (secondary N) is 2. The Balaban J connectivity index is 2.22. The Morgan fingerprint density at radius 3 is 2.40 bits per heavy atom. The molecule has 134 valence electrons. The Bertz CT molecular complexity index is 769. The highest BCUT2D eigenvalue weighted by Crippen LogP contribution is 2.31. The van der Waals surface area contributed by atoms with E-state index in [0.29, 0.717) is 17.2 Å². The molecule has 0 spiro atoms. The van der Waals surface area contributed by atoms with Crippen LogP contribution in [0.4, 0.5) is 0 Å². The summed E-state index contributed by atoms with van der Waals surface area (Å²) in [5.74, 6) is -0.723. The van der Waals surface area contributed by atoms with Gasteiger partial charge < -0.3 is 19.9 Å². The molecule has 1 atom stereocenters. The molecule has 0 unspecified atom stereocenters. The lowest BCUT2D eigenvalue weighted by Gasteiger charge is -2.17. The molecule has 0 radical (unpaired) electrons. The molecule has 1 aromatic carbocycles. The van der Waals surface area contributed by atoms with Crippen molar-refractivity contribution >= 4 is 11.9 Å². The third kappa shape index (κ3) is 4.09. The summed E-state index contributed by atoms with van der Waals surface area (Å²) in [4.78, 5) is 23.4. The Morgan fingerprint density at radius 1 is 1.16 bits per heavy atom. The Labute approximate surface area is 145 Å². The van der Waals surface area contributed by atoms with Crippen molar-refractivity contribution in [2.24, 2.45) is 5.92 Å². The van der Waals surface area contributed by atoms with Crippen LogP contribution in [0.25, 0.3) is 11.3 Å². The summed E-state index contributed by atoms with van der Waals surface area (Å²) >= 11 is 0. The number of ether oxygens (including phenoxy) is 2. The molecule has 0 fully saturated rings. The predicted octanol–water partition coefficient (Wildman–Crippen LogP) is 1.93. The normalized spacial score (nSPS) is 11.9. The van der Waals surface area contributed by atoms with E-state index in [-0.39, 0.29) is 11.6 Å². The zero-order chi connectivity index (χ0) is 18.6. The fourth-order valence-electron chi connectivity index (χ4n) is 2.31. The lowest BCUT2D eigenvalue weighted by Crippen LogP contribution is -2.44. The van der Waals surface area contributed by atoms with Crippen LogP contribution < -0.4 is 14.8 Å². The number of carbonyl (C=O) groups excluding carboxylic acids is 1. The largest absolute Gasteiger partial charge is 0.493 e. The monoisotopic (exact) mass is 347 g/mol. The van der Waals surface area contributed by atoms with Crippen LogP contribution in [-0.2, 0) is 4.79 Å². The zero-order valence-corrected chi connectivity index (χ0v) is 14.5. The van der Waals surface area contributed by atoms with Gasteiger partial charge in [0.15, 0.2) is 11.5 Å². The second-order valence-corrected chi connectivity index (χ2v) is 5.77. The first kappa shape index (κ1) is 18.3. The molecular formula is C17H21N3O5. The molecule has 1 heterocycles. The standard InChI is InChI=1S/C17H21N3O5/c1-9(2)15(17(22)23)18-16(21)12-8-11(19-20-12)10-5-6-13(24-3)14(7-10)25-4/h5-9,15H,1-4H3,(H,18,21)(H,19,20)(H,22,23)/t15-/m1/s1. The number of benzene rings is 1. The van der Waals surface area contributed by atoms with E-state index in [9.17, 15) is 9.59 Å². The van der Waals surface area contributed by atoms with Crippen molar-refractivity contribution in [1.82, 2.24) is 15.5 Å². The number of aromatic amines is 1. The fraction of sp³-hybridized carbons (Fsp3) is 0.353. The molecule has 0 aliphatic rings. The second kappa shape index (κ2) is 7.69. The predicted molar refractivity (Wildman–Crippen MR) is 90.9 cm³/mol. The van der Waals surface area contributed by atoms with Gasteiger partial charge in [0.05, 0.1) is 19.9 Å². The van der Waals surface area contributed by atoms with Gasteiger partial charge in [0.2, 0.25) is 0 Å². The molecule has 8 heteroatoms. The summed E-state index contributed by atoms with van der Waals surface area (Å²) in [5, 5.41) is 18.4. The molecule has 0 saturated carbocycles.